The molecule has 0 aliphatic rings. The summed E-state index contributed by atoms with van der Waals surface area (Å²) >= 11 is 1.82. The van der Waals surface area contributed by atoms with Crippen LogP contribution in [0.25, 0.3) is 0 Å². The number of rotatable bonds is 2. The molecule has 0 aromatic rings. The van der Waals surface area contributed by atoms with Crippen molar-refractivity contribution in [1.82, 2.24) is 0 Å². The maximum Gasteiger partial charge on any atom is 0.123 e. The zero-order chi connectivity index (χ0) is 5.70. The lowest BCUT2D eigenvalue weighted by Gasteiger charge is -1.86. The first-order chi connectivity index (χ1) is 3.27. The van der Waals surface area contributed by atoms with E-state index < -0.39 is 4.11 Å². The Labute approximate surface area is 56.0 Å². The maximum atomic E-state index is 8.47. The van der Waals surface area contributed by atoms with Crippen LogP contribution >= 0.6 is 22.6 Å². The monoisotopic (exact) mass is 214 g/mol. The first-order valence-corrected chi connectivity index (χ1v) is 3.11. The predicted octanol–water partition coefficient (Wildman–Crippen LogP) is 0.288. The Bertz CT molecular complexity index is 60.7. The van der Waals surface area contributed by atoms with Crippen LogP contribution in [-0.2, 0) is 0 Å². The van der Waals surface area contributed by atoms with Crippen LogP contribution < -0.4 is 0 Å². The molecular formula is C4H7IO2. The van der Waals surface area contributed by atoms with E-state index in [2.05, 4.69) is 0 Å². The molecule has 0 aromatic heterocycles. The summed E-state index contributed by atoms with van der Waals surface area (Å²) in [5, 5.41) is 16.6. The van der Waals surface area contributed by atoms with E-state index >= 15 is 0 Å². The number of aliphatic hydroxyl groups excluding tert-OH is 2. The Kier molecular flexibility index (Phi) is 4.80. The minimum Gasteiger partial charge on any atom is -0.392 e. The van der Waals surface area contributed by atoms with E-state index in [1.165, 1.54) is 12.2 Å². The molecule has 2 nitrogen and oxygen atoms in total. The van der Waals surface area contributed by atoms with Gasteiger partial charge in [0.2, 0.25) is 0 Å². The Morgan fingerprint density at radius 1 is 1.71 bits per heavy atom. The van der Waals surface area contributed by atoms with Gasteiger partial charge in [0.25, 0.3) is 0 Å². The zero-order valence-corrected chi connectivity index (χ0v) is 5.87. The average molecular weight is 214 g/mol. The molecule has 0 rings (SSSR count). The SMILES string of the molecule is OCC=CC(O)I. The average Bonchev–Trinajstić information content (AvgIpc) is 1.61. The van der Waals surface area contributed by atoms with Crippen LogP contribution in [0.3, 0.4) is 0 Å². The second kappa shape index (κ2) is 4.55. The second-order valence-corrected chi connectivity index (χ2v) is 2.26. The van der Waals surface area contributed by atoms with Crippen LogP contribution in [0.1, 0.15) is 0 Å². The molecule has 3 heteroatoms. The van der Waals surface area contributed by atoms with Gasteiger partial charge >= 0.3 is 0 Å². The number of alkyl halides is 1. The third kappa shape index (κ3) is 6.39. The molecule has 0 aliphatic heterocycles. The van der Waals surface area contributed by atoms with Crippen LogP contribution in [-0.4, -0.2) is 20.9 Å². The summed E-state index contributed by atoms with van der Waals surface area (Å²) in [6, 6.07) is 0. The topological polar surface area (TPSA) is 40.5 Å². The van der Waals surface area contributed by atoms with Gasteiger partial charge < -0.3 is 10.2 Å². The maximum absolute atomic E-state index is 8.47. The lowest BCUT2D eigenvalue weighted by atomic mass is 10.5. The van der Waals surface area contributed by atoms with Crippen molar-refractivity contribution in [2.45, 2.75) is 4.11 Å². The molecule has 0 fully saturated rings. The Morgan fingerprint density at radius 2 is 2.29 bits per heavy atom. The summed E-state index contributed by atoms with van der Waals surface area (Å²) in [6.45, 7) is 0.0000611. The fourth-order valence-corrected chi connectivity index (χ4v) is 0.467. The molecule has 42 valence electrons. The molecule has 0 saturated heterocycles. The van der Waals surface area contributed by atoms with Crippen LogP contribution in [0.5, 0.6) is 0 Å². The Balaban J connectivity index is 3.08. The molecule has 0 aliphatic carbocycles. The molecule has 0 bridgehead atoms. The molecule has 7 heavy (non-hydrogen) atoms. The van der Waals surface area contributed by atoms with Gasteiger partial charge in [0, 0.05) is 0 Å². The summed E-state index contributed by atoms with van der Waals surface area (Å²) in [6.07, 6.45) is 3.01. The van der Waals surface area contributed by atoms with Gasteiger partial charge in [0.1, 0.15) is 4.11 Å². The van der Waals surface area contributed by atoms with Crippen LogP contribution in [0.4, 0.5) is 0 Å². The molecule has 0 heterocycles. The summed E-state index contributed by atoms with van der Waals surface area (Å²) in [7, 11) is 0. The van der Waals surface area contributed by atoms with Crippen molar-refractivity contribution >= 4 is 22.6 Å². The van der Waals surface area contributed by atoms with Crippen LogP contribution in [0, 0.1) is 0 Å². The zero-order valence-electron chi connectivity index (χ0n) is 3.71. The van der Waals surface area contributed by atoms with E-state index in [0.717, 1.165) is 0 Å². The predicted molar refractivity (Wildman–Crippen MR) is 36.3 cm³/mol. The fourth-order valence-electron chi connectivity index (χ4n) is 0.173. The number of halogens is 1. The van der Waals surface area contributed by atoms with E-state index in [1.807, 2.05) is 22.6 Å². The third-order valence-electron chi connectivity index (χ3n) is 0.400. The van der Waals surface area contributed by atoms with Crippen molar-refractivity contribution in [2.24, 2.45) is 0 Å². The van der Waals surface area contributed by atoms with Gasteiger partial charge in [-0.25, -0.2) is 0 Å². The first kappa shape index (κ1) is 7.39. The molecule has 1 atom stereocenters. The van der Waals surface area contributed by atoms with Gasteiger partial charge in [-0.05, 0) is 28.7 Å². The molecule has 1 unspecified atom stereocenters. The Hall–Kier alpha value is 0.390. The van der Waals surface area contributed by atoms with E-state index in [1.54, 1.807) is 0 Å². The van der Waals surface area contributed by atoms with Crippen molar-refractivity contribution in [3.63, 3.8) is 0 Å². The van der Waals surface area contributed by atoms with Crippen molar-refractivity contribution < 1.29 is 10.2 Å². The smallest absolute Gasteiger partial charge is 0.123 e. The highest BCUT2D eigenvalue weighted by Gasteiger charge is 1.82. The van der Waals surface area contributed by atoms with Crippen molar-refractivity contribution in [1.29, 1.82) is 0 Å². The van der Waals surface area contributed by atoms with Crippen LogP contribution in [0.15, 0.2) is 12.2 Å². The highest BCUT2D eigenvalue weighted by Crippen LogP contribution is 1.94. The number of hydrogen-bond acceptors (Lipinski definition) is 2. The molecule has 2 N–H and O–H groups in total. The molecular weight excluding hydrogens is 207 g/mol. The molecule has 0 saturated carbocycles. The summed E-state index contributed by atoms with van der Waals surface area (Å²) < 4.78 is -0.468. The normalized spacial score (nSPS) is 15.3. The van der Waals surface area contributed by atoms with E-state index in [0.29, 0.717) is 0 Å². The van der Waals surface area contributed by atoms with E-state index in [9.17, 15) is 0 Å². The summed E-state index contributed by atoms with van der Waals surface area (Å²) in [5.41, 5.74) is 0. The minimum atomic E-state index is -0.468. The fraction of sp³-hybridized carbons (Fsp3) is 0.500. The van der Waals surface area contributed by atoms with Crippen molar-refractivity contribution in [3.05, 3.63) is 12.2 Å². The lowest BCUT2D eigenvalue weighted by molar-refractivity contribution is 0.317. The van der Waals surface area contributed by atoms with Gasteiger partial charge in [-0.3, -0.25) is 0 Å². The standard InChI is InChI=1S/C4H7IO2/c5-4(7)2-1-3-6/h1-2,4,6-7H,3H2. The van der Waals surface area contributed by atoms with E-state index in [-0.39, 0.29) is 6.61 Å². The van der Waals surface area contributed by atoms with Gasteiger partial charge in [0.05, 0.1) is 6.61 Å². The number of aliphatic hydroxyl groups is 2. The molecule has 0 amide bonds. The first-order valence-electron chi connectivity index (χ1n) is 1.87. The van der Waals surface area contributed by atoms with Gasteiger partial charge in [-0.1, -0.05) is 6.08 Å². The van der Waals surface area contributed by atoms with Gasteiger partial charge in [-0.15, -0.1) is 0 Å². The third-order valence-corrected chi connectivity index (χ3v) is 0.816. The molecule has 0 aromatic carbocycles. The van der Waals surface area contributed by atoms with Gasteiger partial charge in [-0.2, -0.15) is 0 Å². The second-order valence-electron chi connectivity index (χ2n) is 0.983. The van der Waals surface area contributed by atoms with Crippen molar-refractivity contribution in [2.75, 3.05) is 6.61 Å². The summed E-state index contributed by atoms with van der Waals surface area (Å²) in [4.78, 5) is 0. The number of hydrogen-bond donors (Lipinski definition) is 2. The van der Waals surface area contributed by atoms with Crippen LogP contribution in [0.2, 0.25) is 0 Å². The quantitative estimate of drug-likeness (QED) is 0.394. The Morgan fingerprint density at radius 3 is 2.43 bits per heavy atom. The summed E-state index contributed by atoms with van der Waals surface area (Å²) in [5.74, 6) is 0. The van der Waals surface area contributed by atoms with Gasteiger partial charge in [0.15, 0.2) is 0 Å². The lowest BCUT2D eigenvalue weighted by Crippen LogP contribution is -1.86. The van der Waals surface area contributed by atoms with E-state index in [4.69, 9.17) is 10.2 Å². The molecule has 0 spiro atoms. The highest BCUT2D eigenvalue weighted by molar-refractivity contribution is 14.1. The largest absolute Gasteiger partial charge is 0.392 e. The van der Waals surface area contributed by atoms with Crippen molar-refractivity contribution in [3.8, 4) is 0 Å². The minimum absolute atomic E-state index is 0.0000611. The highest BCUT2D eigenvalue weighted by atomic mass is 127. The molecule has 0 radical (unpaired) electrons.